The molecular weight excluding hydrogens is 288 g/mol. The smallest absolute Gasteiger partial charge is 0.318 e. The lowest BCUT2D eigenvalue weighted by Gasteiger charge is -2.07. The number of anilines is 1. The quantitative estimate of drug-likeness (QED) is 0.771. The molecule has 0 saturated heterocycles. The molecule has 88 valence electrons. The van der Waals surface area contributed by atoms with Gasteiger partial charge in [0.1, 0.15) is 6.07 Å². The van der Waals surface area contributed by atoms with E-state index in [4.69, 9.17) is 11.0 Å². The van der Waals surface area contributed by atoms with Gasteiger partial charge in [0.2, 0.25) is 5.91 Å². The standard InChI is InChI=1S/C10H9BrN4O2/c11-7-2-1-6(4-12)8(3-7)14-5-9(16)15-10(13)17/h1-3,14H,5H2,(H3,13,15,16,17). The van der Waals surface area contributed by atoms with E-state index >= 15 is 0 Å². The average Bonchev–Trinajstić information content (AvgIpc) is 2.25. The van der Waals surface area contributed by atoms with Crippen molar-refractivity contribution in [2.45, 2.75) is 0 Å². The molecule has 0 unspecified atom stereocenters. The molecule has 7 heteroatoms. The van der Waals surface area contributed by atoms with E-state index in [0.717, 1.165) is 4.47 Å². The maximum absolute atomic E-state index is 11.1. The number of primary amides is 1. The second-order valence-corrected chi connectivity index (χ2v) is 3.98. The normalized spacial score (nSPS) is 9.18. The summed E-state index contributed by atoms with van der Waals surface area (Å²) in [4.78, 5) is 21.5. The highest BCUT2D eigenvalue weighted by molar-refractivity contribution is 9.10. The van der Waals surface area contributed by atoms with Crippen LogP contribution in [-0.4, -0.2) is 18.5 Å². The molecule has 0 aliphatic rings. The van der Waals surface area contributed by atoms with Crippen molar-refractivity contribution in [2.24, 2.45) is 5.73 Å². The first-order valence-corrected chi connectivity index (χ1v) is 5.35. The van der Waals surface area contributed by atoms with Crippen molar-refractivity contribution in [3.8, 4) is 6.07 Å². The first kappa shape index (κ1) is 13.0. The first-order chi connectivity index (χ1) is 8.02. The van der Waals surface area contributed by atoms with Gasteiger partial charge in [0.15, 0.2) is 0 Å². The van der Waals surface area contributed by atoms with Crippen LogP contribution in [0.1, 0.15) is 5.56 Å². The largest absolute Gasteiger partial charge is 0.375 e. The van der Waals surface area contributed by atoms with Gasteiger partial charge < -0.3 is 11.1 Å². The Hall–Kier alpha value is -2.07. The third-order valence-corrected chi connectivity index (χ3v) is 2.30. The van der Waals surface area contributed by atoms with Crippen LogP contribution in [0, 0.1) is 11.3 Å². The van der Waals surface area contributed by atoms with Gasteiger partial charge >= 0.3 is 6.03 Å². The number of benzene rings is 1. The molecule has 0 fully saturated rings. The van der Waals surface area contributed by atoms with Crippen LogP contribution in [0.4, 0.5) is 10.5 Å². The Morgan fingerprint density at radius 2 is 2.18 bits per heavy atom. The predicted octanol–water partition coefficient (Wildman–Crippen LogP) is 0.928. The minimum Gasteiger partial charge on any atom is -0.375 e. The third-order valence-electron chi connectivity index (χ3n) is 1.80. The molecule has 0 saturated carbocycles. The summed E-state index contributed by atoms with van der Waals surface area (Å²) in [6, 6.07) is 6.06. The van der Waals surface area contributed by atoms with E-state index < -0.39 is 11.9 Å². The molecular formula is C10H9BrN4O2. The summed E-state index contributed by atoms with van der Waals surface area (Å²) in [6.45, 7) is -0.145. The minimum atomic E-state index is -0.911. The maximum Gasteiger partial charge on any atom is 0.318 e. The number of hydrogen-bond acceptors (Lipinski definition) is 4. The van der Waals surface area contributed by atoms with E-state index in [1.165, 1.54) is 0 Å². The Bertz CT molecular complexity index is 496. The Morgan fingerprint density at radius 3 is 2.76 bits per heavy atom. The van der Waals surface area contributed by atoms with Crippen molar-refractivity contribution in [3.05, 3.63) is 28.2 Å². The van der Waals surface area contributed by atoms with Crippen molar-refractivity contribution in [1.82, 2.24) is 5.32 Å². The number of imide groups is 1. The Labute approximate surface area is 106 Å². The summed E-state index contributed by atoms with van der Waals surface area (Å²) in [5.41, 5.74) is 5.69. The van der Waals surface area contributed by atoms with Crippen molar-refractivity contribution in [2.75, 3.05) is 11.9 Å². The Kier molecular flexibility index (Phi) is 4.48. The number of amides is 3. The monoisotopic (exact) mass is 296 g/mol. The number of rotatable bonds is 3. The SMILES string of the molecule is N#Cc1ccc(Br)cc1NCC(=O)NC(N)=O. The second kappa shape index (κ2) is 5.86. The molecule has 4 N–H and O–H groups in total. The number of carbonyl (C=O) groups excluding carboxylic acids is 2. The molecule has 0 aromatic heterocycles. The van der Waals surface area contributed by atoms with Crippen LogP contribution in [0.3, 0.4) is 0 Å². The molecule has 1 rings (SSSR count). The van der Waals surface area contributed by atoms with Gasteiger partial charge in [-0.15, -0.1) is 0 Å². The van der Waals surface area contributed by atoms with E-state index in [1.807, 2.05) is 11.4 Å². The number of carbonyl (C=O) groups is 2. The molecule has 0 aliphatic heterocycles. The fourth-order valence-corrected chi connectivity index (χ4v) is 1.48. The van der Waals surface area contributed by atoms with Crippen LogP contribution < -0.4 is 16.4 Å². The topological polar surface area (TPSA) is 108 Å². The Balaban J connectivity index is 2.69. The van der Waals surface area contributed by atoms with Crippen LogP contribution >= 0.6 is 15.9 Å². The number of nitrogens with one attached hydrogen (secondary N) is 2. The van der Waals surface area contributed by atoms with Gasteiger partial charge in [0, 0.05) is 4.47 Å². The van der Waals surface area contributed by atoms with Gasteiger partial charge in [-0.25, -0.2) is 4.79 Å². The predicted molar refractivity (Wildman–Crippen MR) is 65.1 cm³/mol. The molecule has 0 aliphatic carbocycles. The number of halogens is 1. The van der Waals surface area contributed by atoms with E-state index in [0.29, 0.717) is 11.3 Å². The number of nitrogens with two attached hydrogens (primary N) is 1. The number of nitriles is 1. The number of hydrogen-bond donors (Lipinski definition) is 3. The molecule has 3 amide bonds. The fourth-order valence-electron chi connectivity index (χ4n) is 1.12. The van der Waals surface area contributed by atoms with Gasteiger partial charge in [-0.05, 0) is 18.2 Å². The highest BCUT2D eigenvalue weighted by Crippen LogP contribution is 2.20. The highest BCUT2D eigenvalue weighted by Gasteiger charge is 2.06. The van der Waals surface area contributed by atoms with Crippen LogP contribution in [0.5, 0.6) is 0 Å². The highest BCUT2D eigenvalue weighted by atomic mass is 79.9. The van der Waals surface area contributed by atoms with E-state index in [2.05, 4.69) is 21.2 Å². The van der Waals surface area contributed by atoms with E-state index in [9.17, 15) is 9.59 Å². The fraction of sp³-hybridized carbons (Fsp3) is 0.100. The molecule has 0 heterocycles. The lowest BCUT2D eigenvalue weighted by atomic mass is 10.2. The summed E-state index contributed by atoms with van der Waals surface area (Å²) in [5, 5.41) is 13.5. The minimum absolute atomic E-state index is 0.145. The maximum atomic E-state index is 11.1. The number of urea groups is 1. The molecule has 0 radical (unpaired) electrons. The van der Waals surface area contributed by atoms with Crippen molar-refractivity contribution >= 4 is 33.6 Å². The molecule has 0 bridgehead atoms. The molecule has 6 nitrogen and oxygen atoms in total. The average molecular weight is 297 g/mol. The van der Waals surface area contributed by atoms with Gasteiger partial charge in [0.25, 0.3) is 0 Å². The van der Waals surface area contributed by atoms with Crippen LogP contribution in [-0.2, 0) is 4.79 Å². The zero-order valence-corrected chi connectivity index (χ0v) is 10.2. The van der Waals surface area contributed by atoms with Gasteiger partial charge in [0.05, 0.1) is 17.8 Å². The zero-order chi connectivity index (χ0) is 12.8. The summed E-state index contributed by atoms with van der Waals surface area (Å²) in [5.74, 6) is -0.568. The van der Waals surface area contributed by atoms with E-state index in [1.54, 1.807) is 18.2 Å². The lowest BCUT2D eigenvalue weighted by Crippen LogP contribution is -2.38. The van der Waals surface area contributed by atoms with Crippen molar-refractivity contribution in [3.63, 3.8) is 0 Å². The summed E-state index contributed by atoms with van der Waals surface area (Å²) < 4.78 is 0.773. The lowest BCUT2D eigenvalue weighted by molar-refractivity contribution is -0.118. The van der Waals surface area contributed by atoms with E-state index in [-0.39, 0.29) is 6.54 Å². The molecule has 1 aromatic rings. The Morgan fingerprint density at radius 1 is 1.47 bits per heavy atom. The molecule has 0 spiro atoms. The van der Waals surface area contributed by atoms with Crippen molar-refractivity contribution in [1.29, 1.82) is 5.26 Å². The molecule has 1 aromatic carbocycles. The van der Waals surface area contributed by atoms with Gasteiger partial charge in [-0.2, -0.15) is 5.26 Å². The number of nitrogens with zero attached hydrogens (tertiary/aromatic N) is 1. The summed E-state index contributed by atoms with van der Waals surface area (Å²) in [7, 11) is 0. The van der Waals surface area contributed by atoms with Crippen LogP contribution in [0.25, 0.3) is 0 Å². The zero-order valence-electron chi connectivity index (χ0n) is 8.66. The summed E-state index contributed by atoms with van der Waals surface area (Å²) in [6.07, 6.45) is 0. The summed E-state index contributed by atoms with van der Waals surface area (Å²) >= 11 is 3.25. The van der Waals surface area contributed by atoms with Gasteiger partial charge in [-0.3, -0.25) is 10.1 Å². The molecule has 0 atom stereocenters. The second-order valence-electron chi connectivity index (χ2n) is 3.07. The third kappa shape index (κ3) is 4.12. The first-order valence-electron chi connectivity index (χ1n) is 4.55. The van der Waals surface area contributed by atoms with Crippen LogP contribution in [0.2, 0.25) is 0 Å². The van der Waals surface area contributed by atoms with Crippen molar-refractivity contribution < 1.29 is 9.59 Å². The van der Waals surface area contributed by atoms with Gasteiger partial charge in [-0.1, -0.05) is 15.9 Å². The molecule has 17 heavy (non-hydrogen) atoms. The van der Waals surface area contributed by atoms with Crippen LogP contribution in [0.15, 0.2) is 22.7 Å².